The lowest BCUT2D eigenvalue weighted by molar-refractivity contribution is -0.140. The van der Waals surface area contributed by atoms with Crippen molar-refractivity contribution in [2.45, 2.75) is 12.2 Å². The highest BCUT2D eigenvalue weighted by molar-refractivity contribution is 7.88. The molecular weight excluding hydrogens is 268 g/mol. The lowest BCUT2D eigenvalue weighted by Crippen LogP contribution is -2.30. The highest BCUT2D eigenvalue weighted by Gasteiger charge is 2.19. The summed E-state index contributed by atoms with van der Waals surface area (Å²) in [6.45, 7) is 0.0946. The third-order valence-corrected chi connectivity index (χ3v) is 4.46. The summed E-state index contributed by atoms with van der Waals surface area (Å²) in [5.74, 6) is -0.582. The number of sulfonamides is 1. The quantitative estimate of drug-likeness (QED) is 0.610. The van der Waals surface area contributed by atoms with Crippen LogP contribution in [0.3, 0.4) is 0 Å². The van der Waals surface area contributed by atoms with E-state index in [4.69, 9.17) is 5.73 Å². The van der Waals surface area contributed by atoms with Crippen LogP contribution in [0.2, 0.25) is 0 Å². The second-order valence-corrected chi connectivity index (χ2v) is 6.22. The van der Waals surface area contributed by atoms with Gasteiger partial charge < -0.3 is 10.5 Å². The van der Waals surface area contributed by atoms with Crippen molar-refractivity contribution < 1.29 is 17.9 Å². The van der Waals surface area contributed by atoms with E-state index < -0.39 is 16.0 Å². The zero-order valence-electron chi connectivity index (χ0n) is 11.0. The van der Waals surface area contributed by atoms with E-state index in [2.05, 4.69) is 4.74 Å². The first-order chi connectivity index (χ1) is 8.85. The second-order valence-electron chi connectivity index (χ2n) is 4.15. The summed E-state index contributed by atoms with van der Waals surface area (Å²) < 4.78 is 29.7. The van der Waals surface area contributed by atoms with Crippen LogP contribution < -0.4 is 5.73 Å². The molecule has 0 heterocycles. The van der Waals surface area contributed by atoms with Crippen LogP contribution in [0.15, 0.2) is 24.3 Å². The predicted molar refractivity (Wildman–Crippen MR) is 72.7 cm³/mol. The van der Waals surface area contributed by atoms with E-state index in [1.807, 2.05) is 0 Å². The van der Waals surface area contributed by atoms with Gasteiger partial charge in [-0.1, -0.05) is 12.1 Å². The maximum Gasteiger partial charge on any atom is 0.306 e. The number of carbonyl (C=O) groups excluding carboxylic acids is 1. The Morgan fingerprint density at radius 1 is 1.42 bits per heavy atom. The van der Waals surface area contributed by atoms with Crippen molar-refractivity contribution in [3.63, 3.8) is 0 Å². The van der Waals surface area contributed by atoms with Crippen molar-refractivity contribution in [3.8, 4) is 0 Å². The molecule has 0 aliphatic carbocycles. The molecule has 0 aliphatic rings. The zero-order valence-corrected chi connectivity index (χ0v) is 11.8. The van der Waals surface area contributed by atoms with Crippen LogP contribution in [-0.4, -0.2) is 39.4 Å². The summed E-state index contributed by atoms with van der Waals surface area (Å²) in [6, 6.07) is 6.71. The Morgan fingerprint density at radius 2 is 2.11 bits per heavy atom. The van der Waals surface area contributed by atoms with E-state index in [0.717, 1.165) is 4.31 Å². The van der Waals surface area contributed by atoms with Gasteiger partial charge in [0.15, 0.2) is 0 Å². The van der Waals surface area contributed by atoms with Crippen LogP contribution in [0.4, 0.5) is 5.69 Å². The number of esters is 1. The highest BCUT2D eigenvalue weighted by Crippen LogP contribution is 2.13. The fraction of sp³-hybridized carbons (Fsp3) is 0.417. The van der Waals surface area contributed by atoms with Gasteiger partial charge in [0.25, 0.3) is 0 Å². The smallest absolute Gasteiger partial charge is 0.306 e. The Kier molecular flexibility index (Phi) is 5.31. The van der Waals surface area contributed by atoms with Crippen molar-refractivity contribution in [2.75, 3.05) is 26.4 Å². The molecule has 6 nitrogen and oxygen atoms in total. The first-order valence-corrected chi connectivity index (χ1v) is 7.31. The average molecular weight is 286 g/mol. The maximum absolute atomic E-state index is 12.0. The monoisotopic (exact) mass is 286 g/mol. The third kappa shape index (κ3) is 4.88. The second kappa shape index (κ2) is 6.53. The van der Waals surface area contributed by atoms with E-state index in [0.29, 0.717) is 11.3 Å². The Balaban J connectivity index is 2.67. The minimum atomic E-state index is -3.46. The topological polar surface area (TPSA) is 89.7 Å². The van der Waals surface area contributed by atoms with Gasteiger partial charge in [-0.15, -0.1) is 0 Å². The normalized spacial score (nSPS) is 11.5. The number of anilines is 1. The van der Waals surface area contributed by atoms with E-state index in [9.17, 15) is 13.2 Å². The van der Waals surface area contributed by atoms with Crippen LogP contribution in [0.1, 0.15) is 12.0 Å². The molecule has 0 amide bonds. The molecule has 1 aromatic rings. The molecule has 0 bridgehead atoms. The van der Waals surface area contributed by atoms with Crippen molar-refractivity contribution in [2.24, 2.45) is 0 Å². The summed E-state index contributed by atoms with van der Waals surface area (Å²) in [5, 5.41) is 0. The summed E-state index contributed by atoms with van der Waals surface area (Å²) in [7, 11) is -0.761. The lowest BCUT2D eigenvalue weighted by Gasteiger charge is -2.16. The summed E-state index contributed by atoms with van der Waals surface area (Å²) in [4.78, 5) is 11.0. The third-order valence-electron chi connectivity index (χ3n) is 2.63. The van der Waals surface area contributed by atoms with Gasteiger partial charge in [0, 0.05) is 19.3 Å². The first kappa shape index (κ1) is 15.5. The molecule has 2 N–H and O–H groups in total. The van der Waals surface area contributed by atoms with Gasteiger partial charge in [-0.3, -0.25) is 4.79 Å². The van der Waals surface area contributed by atoms with Crippen LogP contribution in [0.25, 0.3) is 0 Å². The molecule has 0 radical (unpaired) electrons. The van der Waals surface area contributed by atoms with Gasteiger partial charge in [-0.25, -0.2) is 12.7 Å². The van der Waals surface area contributed by atoms with Gasteiger partial charge in [0.2, 0.25) is 10.0 Å². The molecule has 0 aromatic heterocycles. The van der Waals surface area contributed by atoms with Gasteiger partial charge in [0.1, 0.15) is 0 Å². The maximum atomic E-state index is 12.0. The van der Waals surface area contributed by atoms with Crippen molar-refractivity contribution >= 4 is 21.7 Å². The molecule has 7 heteroatoms. The molecule has 0 unspecified atom stereocenters. The fourth-order valence-corrected chi connectivity index (χ4v) is 2.68. The average Bonchev–Trinajstić information content (AvgIpc) is 2.34. The molecule has 0 spiro atoms. The van der Waals surface area contributed by atoms with E-state index in [1.54, 1.807) is 24.3 Å². The Bertz CT molecular complexity index is 542. The van der Waals surface area contributed by atoms with Crippen molar-refractivity contribution in [3.05, 3.63) is 29.8 Å². The summed E-state index contributed by atoms with van der Waals surface area (Å²) in [6.07, 6.45) is 0.0309. The van der Waals surface area contributed by atoms with Crippen LogP contribution in [-0.2, 0) is 25.3 Å². The number of hydrogen-bond acceptors (Lipinski definition) is 5. The van der Waals surface area contributed by atoms with Crippen LogP contribution in [0.5, 0.6) is 0 Å². The number of carbonyl (C=O) groups is 1. The number of ether oxygens (including phenoxy) is 1. The number of benzene rings is 1. The highest BCUT2D eigenvalue weighted by atomic mass is 32.2. The largest absolute Gasteiger partial charge is 0.469 e. The molecule has 0 fully saturated rings. The molecule has 0 saturated heterocycles. The van der Waals surface area contributed by atoms with Gasteiger partial charge in [-0.05, 0) is 17.7 Å². The molecule has 106 valence electrons. The Labute approximate surface area is 113 Å². The Morgan fingerprint density at radius 3 is 2.68 bits per heavy atom. The molecular formula is C12H18N2O4S. The minimum absolute atomic E-state index is 0.0309. The van der Waals surface area contributed by atoms with Gasteiger partial charge in [0.05, 0.1) is 19.3 Å². The van der Waals surface area contributed by atoms with Gasteiger partial charge in [-0.2, -0.15) is 0 Å². The number of nitrogens with two attached hydrogens (primary N) is 1. The van der Waals surface area contributed by atoms with Crippen LogP contribution >= 0.6 is 0 Å². The number of nitrogens with zero attached hydrogens (tertiary/aromatic N) is 1. The number of hydrogen-bond donors (Lipinski definition) is 1. The number of nitrogen functional groups attached to an aromatic ring is 1. The standard InChI is InChI=1S/C12H18N2O4S/c1-14(7-6-12(15)18-2)19(16,17)9-10-4-3-5-11(13)8-10/h3-5,8H,6-7,9,13H2,1-2H3. The van der Waals surface area contributed by atoms with Gasteiger partial charge >= 0.3 is 5.97 Å². The predicted octanol–water partition coefficient (Wildman–Crippen LogP) is 0.593. The van der Waals surface area contributed by atoms with E-state index in [-0.39, 0.29) is 18.7 Å². The number of rotatable bonds is 6. The van der Waals surface area contributed by atoms with Crippen molar-refractivity contribution in [1.82, 2.24) is 4.31 Å². The number of methoxy groups -OCH3 is 1. The SMILES string of the molecule is COC(=O)CCN(C)S(=O)(=O)Cc1cccc(N)c1. The molecule has 1 rings (SSSR count). The summed E-state index contributed by atoms with van der Waals surface area (Å²) >= 11 is 0. The molecule has 1 aromatic carbocycles. The molecule has 0 atom stereocenters. The molecule has 19 heavy (non-hydrogen) atoms. The Hall–Kier alpha value is -1.60. The lowest BCUT2D eigenvalue weighted by atomic mass is 10.2. The van der Waals surface area contributed by atoms with Crippen LogP contribution in [0, 0.1) is 0 Å². The minimum Gasteiger partial charge on any atom is -0.469 e. The van der Waals surface area contributed by atoms with E-state index >= 15 is 0 Å². The first-order valence-electron chi connectivity index (χ1n) is 5.70. The van der Waals surface area contributed by atoms with E-state index in [1.165, 1.54) is 14.2 Å². The molecule has 0 saturated carbocycles. The van der Waals surface area contributed by atoms with Crippen molar-refractivity contribution in [1.29, 1.82) is 0 Å². The summed E-state index contributed by atoms with van der Waals surface area (Å²) in [5.41, 5.74) is 6.73. The molecule has 0 aliphatic heterocycles. The zero-order chi connectivity index (χ0) is 14.5. The fourth-order valence-electron chi connectivity index (χ4n) is 1.49.